The summed E-state index contributed by atoms with van der Waals surface area (Å²) in [4.78, 5) is 31.2. The molecule has 0 aliphatic carbocycles. The van der Waals surface area contributed by atoms with Gasteiger partial charge in [0.05, 0.1) is 32.6 Å². The van der Waals surface area contributed by atoms with E-state index in [0.717, 1.165) is 22.6 Å². The van der Waals surface area contributed by atoms with Gasteiger partial charge in [0.1, 0.15) is 29.6 Å². The molecule has 1 heterocycles. The number of rotatable bonds is 11. The van der Waals surface area contributed by atoms with Crippen molar-refractivity contribution < 1.29 is 33.0 Å². The minimum absolute atomic E-state index is 0.285. The Bertz CT molecular complexity index is 1420. The van der Waals surface area contributed by atoms with Gasteiger partial charge in [0.25, 0.3) is 0 Å². The Hall–Kier alpha value is -4.79. The number of oxazole rings is 1. The van der Waals surface area contributed by atoms with Crippen LogP contribution >= 0.6 is 0 Å². The Labute approximate surface area is 233 Å². The van der Waals surface area contributed by atoms with Crippen molar-refractivity contribution in [3.05, 3.63) is 95.9 Å². The number of esters is 1. The van der Waals surface area contributed by atoms with Gasteiger partial charge in [-0.25, -0.2) is 9.78 Å². The lowest BCUT2D eigenvalue weighted by Crippen LogP contribution is -2.40. The van der Waals surface area contributed by atoms with Crippen LogP contribution in [0.2, 0.25) is 0 Å². The fourth-order valence-corrected chi connectivity index (χ4v) is 4.04. The van der Waals surface area contributed by atoms with Gasteiger partial charge in [-0.2, -0.15) is 0 Å². The van der Waals surface area contributed by atoms with E-state index < -0.39 is 18.1 Å². The molecule has 0 fully saturated rings. The number of amides is 1. The van der Waals surface area contributed by atoms with Gasteiger partial charge in [0.15, 0.2) is 0 Å². The molecule has 0 bridgehead atoms. The molecule has 9 heteroatoms. The minimum atomic E-state index is -0.690. The van der Waals surface area contributed by atoms with E-state index in [-0.39, 0.29) is 6.54 Å². The van der Waals surface area contributed by atoms with Crippen molar-refractivity contribution in [2.75, 3.05) is 27.4 Å². The zero-order valence-corrected chi connectivity index (χ0v) is 23.0. The van der Waals surface area contributed by atoms with E-state index in [1.807, 2.05) is 61.5 Å². The van der Waals surface area contributed by atoms with Gasteiger partial charge in [-0.3, -0.25) is 9.69 Å². The maximum atomic E-state index is 13.1. The van der Waals surface area contributed by atoms with E-state index in [4.69, 9.17) is 23.4 Å². The Morgan fingerprint density at radius 2 is 1.65 bits per heavy atom. The van der Waals surface area contributed by atoms with Crippen LogP contribution in [-0.2, 0) is 16.0 Å². The molecule has 0 aliphatic rings. The van der Waals surface area contributed by atoms with E-state index in [2.05, 4.69) is 4.98 Å². The molecular weight excluding hydrogens is 512 g/mol. The van der Waals surface area contributed by atoms with Crippen molar-refractivity contribution >= 4 is 12.1 Å². The number of hydrogen-bond donors (Lipinski definition) is 0. The summed E-state index contributed by atoms with van der Waals surface area (Å²) in [6.07, 6.45) is -0.130. The smallest absolute Gasteiger partial charge is 0.416 e. The second-order valence-electron chi connectivity index (χ2n) is 8.98. The molecule has 1 aromatic heterocycles. The monoisotopic (exact) mass is 544 g/mol. The van der Waals surface area contributed by atoms with Crippen LogP contribution < -0.4 is 14.2 Å². The van der Waals surface area contributed by atoms with Crippen molar-refractivity contribution in [2.24, 2.45) is 0 Å². The summed E-state index contributed by atoms with van der Waals surface area (Å²) in [6.45, 7) is 3.79. The van der Waals surface area contributed by atoms with E-state index in [1.54, 1.807) is 38.3 Å². The second kappa shape index (κ2) is 13.3. The molecule has 40 heavy (non-hydrogen) atoms. The first kappa shape index (κ1) is 28.2. The van der Waals surface area contributed by atoms with E-state index >= 15 is 0 Å². The first-order valence-electron chi connectivity index (χ1n) is 12.8. The standard InChI is InChI=1S/C31H32N2O7/c1-21(33(20-29(34)37-4)31(35)40-26-15-13-25(36-3)14-16-26)24-11-8-12-27(19-24)38-18-17-28-22(2)39-30(32-28)23-9-6-5-7-10-23/h5-16,19,21H,17-18,20H2,1-4H3/t21-/m0/s1. The third-order valence-electron chi connectivity index (χ3n) is 6.36. The van der Waals surface area contributed by atoms with Crippen LogP contribution in [-0.4, -0.2) is 49.3 Å². The molecule has 4 rings (SSSR count). The van der Waals surface area contributed by atoms with Crippen molar-refractivity contribution in [1.29, 1.82) is 0 Å². The molecule has 0 N–H and O–H groups in total. The highest BCUT2D eigenvalue weighted by atomic mass is 16.6. The number of aromatic nitrogens is 1. The quantitative estimate of drug-likeness (QED) is 0.212. The average molecular weight is 545 g/mol. The Balaban J connectivity index is 1.42. The van der Waals surface area contributed by atoms with Crippen LogP contribution in [0.3, 0.4) is 0 Å². The molecular formula is C31H32N2O7. The molecule has 1 amide bonds. The molecule has 0 radical (unpaired) electrons. The number of methoxy groups -OCH3 is 2. The van der Waals surface area contributed by atoms with E-state index in [9.17, 15) is 9.59 Å². The van der Waals surface area contributed by atoms with Crippen LogP contribution in [0.1, 0.15) is 30.0 Å². The summed E-state index contributed by atoms with van der Waals surface area (Å²) in [5.74, 6) is 2.34. The maximum absolute atomic E-state index is 13.1. The summed E-state index contributed by atoms with van der Waals surface area (Å²) in [5.41, 5.74) is 2.51. The van der Waals surface area contributed by atoms with Crippen LogP contribution in [0.5, 0.6) is 17.2 Å². The number of aryl methyl sites for hydroxylation is 1. The molecule has 0 saturated heterocycles. The number of ether oxygens (including phenoxy) is 4. The van der Waals surface area contributed by atoms with Crippen molar-refractivity contribution in [3.8, 4) is 28.7 Å². The maximum Gasteiger partial charge on any atom is 0.416 e. The first-order chi connectivity index (χ1) is 19.4. The predicted molar refractivity (Wildman–Crippen MR) is 148 cm³/mol. The average Bonchev–Trinajstić information content (AvgIpc) is 3.36. The Morgan fingerprint density at radius 1 is 0.925 bits per heavy atom. The molecule has 208 valence electrons. The third kappa shape index (κ3) is 7.19. The third-order valence-corrected chi connectivity index (χ3v) is 6.36. The number of nitrogens with zero attached hydrogens (tertiary/aromatic N) is 2. The summed E-state index contributed by atoms with van der Waals surface area (Å²) in [7, 11) is 2.82. The lowest BCUT2D eigenvalue weighted by molar-refractivity contribution is -0.141. The van der Waals surface area contributed by atoms with Crippen LogP contribution in [0, 0.1) is 6.92 Å². The predicted octanol–water partition coefficient (Wildman–Crippen LogP) is 6.02. The van der Waals surface area contributed by atoms with Crippen molar-refractivity contribution in [1.82, 2.24) is 9.88 Å². The van der Waals surface area contributed by atoms with Crippen LogP contribution in [0.4, 0.5) is 4.79 Å². The summed E-state index contributed by atoms with van der Waals surface area (Å²) in [5, 5.41) is 0. The molecule has 0 unspecified atom stereocenters. The number of benzene rings is 3. The number of carbonyl (C=O) groups excluding carboxylic acids is 2. The summed E-state index contributed by atoms with van der Waals surface area (Å²) >= 11 is 0. The van der Waals surface area contributed by atoms with Gasteiger partial charge < -0.3 is 23.4 Å². The van der Waals surface area contributed by atoms with Crippen LogP contribution in [0.15, 0.2) is 83.3 Å². The topological polar surface area (TPSA) is 100 Å². The first-order valence-corrected chi connectivity index (χ1v) is 12.8. The Kier molecular flexibility index (Phi) is 9.40. The highest BCUT2D eigenvalue weighted by molar-refractivity contribution is 5.79. The summed E-state index contributed by atoms with van der Waals surface area (Å²) in [6, 6.07) is 23.2. The molecule has 0 saturated carbocycles. The highest BCUT2D eigenvalue weighted by Gasteiger charge is 2.27. The van der Waals surface area contributed by atoms with E-state index in [1.165, 1.54) is 12.0 Å². The molecule has 9 nitrogen and oxygen atoms in total. The molecule has 1 atom stereocenters. The van der Waals surface area contributed by atoms with Crippen molar-refractivity contribution in [2.45, 2.75) is 26.3 Å². The summed E-state index contributed by atoms with van der Waals surface area (Å²) < 4.78 is 27.3. The fraction of sp³-hybridized carbons (Fsp3) is 0.258. The van der Waals surface area contributed by atoms with Crippen LogP contribution in [0.25, 0.3) is 11.5 Å². The van der Waals surface area contributed by atoms with Gasteiger partial charge in [-0.1, -0.05) is 30.3 Å². The zero-order valence-electron chi connectivity index (χ0n) is 23.0. The van der Waals surface area contributed by atoms with Gasteiger partial charge in [0, 0.05) is 12.0 Å². The van der Waals surface area contributed by atoms with Crippen molar-refractivity contribution in [3.63, 3.8) is 0 Å². The molecule has 0 aliphatic heterocycles. The highest BCUT2D eigenvalue weighted by Crippen LogP contribution is 2.27. The molecule has 0 spiro atoms. The molecule has 3 aromatic carbocycles. The Morgan fingerprint density at radius 3 is 2.35 bits per heavy atom. The van der Waals surface area contributed by atoms with Gasteiger partial charge in [-0.05, 0) is 67.9 Å². The minimum Gasteiger partial charge on any atom is -0.497 e. The van der Waals surface area contributed by atoms with E-state index in [0.29, 0.717) is 36.2 Å². The zero-order chi connectivity index (χ0) is 28.5. The lowest BCUT2D eigenvalue weighted by Gasteiger charge is -2.28. The van der Waals surface area contributed by atoms with Gasteiger partial charge in [0.2, 0.25) is 5.89 Å². The lowest BCUT2D eigenvalue weighted by atomic mass is 10.1. The fourth-order valence-electron chi connectivity index (χ4n) is 4.04. The van der Waals surface area contributed by atoms with Gasteiger partial charge >= 0.3 is 12.1 Å². The largest absolute Gasteiger partial charge is 0.497 e. The molecule has 4 aromatic rings. The number of hydrogen-bond acceptors (Lipinski definition) is 8. The number of carbonyl (C=O) groups is 2. The van der Waals surface area contributed by atoms with Gasteiger partial charge in [-0.15, -0.1) is 0 Å². The normalized spacial score (nSPS) is 11.4. The SMILES string of the molecule is COC(=O)CN(C(=O)Oc1ccc(OC)cc1)[C@@H](C)c1cccc(OCCc2nc(-c3ccccc3)oc2C)c1. The second-order valence-corrected chi connectivity index (χ2v) is 8.98.